The number of nitrogens with zero attached hydrogens (tertiary/aromatic N) is 1. The van der Waals surface area contributed by atoms with Crippen molar-refractivity contribution in [1.82, 2.24) is 10.6 Å². The molecular formula is C14H22BrN3S2. The number of halogens is 1. The Morgan fingerprint density at radius 3 is 2.90 bits per heavy atom. The lowest BCUT2D eigenvalue weighted by Gasteiger charge is -2.24. The molecule has 2 N–H and O–H groups in total. The third-order valence-corrected chi connectivity index (χ3v) is 6.67. The van der Waals surface area contributed by atoms with E-state index in [2.05, 4.69) is 62.4 Å². The SMILES string of the molecule is CN=C(NCCc1ccc(Br)s1)NCC1(C)CCCS1. The first-order chi connectivity index (χ1) is 9.61. The van der Waals surface area contributed by atoms with E-state index in [1.54, 1.807) is 11.3 Å². The van der Waals surface area contributed by atoms with Crippen LogP contribution in [0.3, 0.4) is 0 Å². The highest BCUT2D eigenvalue weighted by Gasteiger charge is 2.29. The quantitative estimate of drug-likeness (QED) is 0.610. The van der Waals surface area contributed by atoms with Crippen LogP contribution in [-0.4, -0.2) is 36.6 Å². The van der Waals surface area contributed by atoms with Gasteiger partial charge in [-0.1, -0.05) is 0 Å². The summed E-state index contributed by atoms with van der Waals surface area (Å²) in [4.78, 5) is 5.68. The lowest BCUT2D eigenvalue weighted by molar-refractivity contribution is 0.585. The zero-order valence-corrected chi connectivity index (χ0v) is 15.3. The van der Waals surface area contributed by atoms with Gasteiger partial charge in [0.25, 0.3) is 0 Å². The number of hydrogen-bond donors (Lipinski definition) is 2. The lowest BCUT2D eigenvalue weighted by atomic mass is 10.1. The van der Waals surface area contributed by atoms with E-state index in [1.165, 1.54) is 27.3 Å². The summed E-state index contributed by atoms with van der Waals surface area (Å²) in [6.45, 7) is 4.24. The monoisotopic (exact) mass is 375 g/mol. The molecule has 0 spiro atoms. The van der Waals surface area contributed by atoms with E-state index in [0.29, 0.717) is 4.75 Å². The van der Waals surface area contributed by atoms with Crippen LogP contribution in [0.4, 0.5) is 0 Å². The van der Waals surface area contributed by atoms with Gasteiger partial charge in [-0.25, -0.2) is 0 Å². The van der Waals surface area contributed by atoms with Gasteiger partial charge in [-0.2, -0.15) is 11.8 Å². The molecule has 2 rings (SSSR count). The Morgan fingerprint density at radius 1 is 1.45 bits per heavy atom. The summed E-state index contributed by atoms with van der Waals surface area (Å²) >= 11 is 7.36. The second-order valence-corrected chi connectivity index (χ2v) is 9.44. The van der Waals surface area contributed by atoms with E-state index in [1.807, 2.05) is 7.05 Å². The highest BCUT2D eigenvalue weighted by Crippen LogP contribution is 2.36. The van der Waals surface area contributed by atoms with Gasteiger partial charge in [0.05, 0.1) is 3.79 Å². The van der Waals surface area contributed by atoms with Crippen LogP contribution >= 0.6 is 39.0 Å². The minimum absolute atomic E-state index is 0.371. The molecule has 0 radical (unpaired) electrons. The summed E-state index contributed by atoms with van der Waals surface area (Å²) in [5.41, 5.74) is 0. The summed E-state index contributed by atoms with van der Waals surface area (Å²) < 4.78 is 1.57. The van der Waals surface area contributed by atoms with Crippen LogP contribution in [0.1, 0.15) is 24.6 Å². The van der Waals surface area contributed by atoms with Crippen molar-refractivity contribution in [3.05, 3.63) is 20.8 Å². The van der Waals surface area contributed by atoms with Gasteiger partial charge in [0.1, 0.15) is 0 Å². The molecule has 0 bridgehead atoms. The van der Waals surface area contributed by atoms with Gasteiger partial charge in [-0.3, -0.25) is 4.99 Å². The lowest BCUT2D eigenvalue weighted by Crippen LogP contribution is -2.44. The third-order valence-electron chi connectivity index (χ3n) is 3.45. The maximum atomic E-state index is 4.30. The first-order valence-electron chi connectivity index (χ1n) is 6.94. The molecule has 112 valence electrons. The van der Waals surface area contributed by atoms with Gasteiger partial charge < -0.3 is 10.6 Å². The Hall–Kier alpha value is -0.200. The molecule has 0 amide bonds. The molecule has 0 saturated carbocycles. The zero-order chi connectivity index (χ0) is 14.4. The molecule has 1 aromatic heterocycles. The maximum Gasteiger partial charge on any atom is 0.191 e. The van der Waals surface area contributed by atoms with Crippen molar-refractivity contribution in [1.29, 1.82) is 0 Å². The summed E-state index contributed by atoms with van der Waals surface area (Å²) in [5.74, 6) is 2.20. The smallest absolute Gasteiger partial charge is 0.191 e. The molecule has 1 aromatic rings. The van der Waals surface area contributed by atoms with Crippen LogP contribution in [0.5, 0.6) is 0 Å². The molecule has 0 aromatic carbocycles. The van der Waals surface area contributed by atoms with Crippen LogP contribution in [0.15, 0.2) is 20.9 Å². The summed E-state index contributed by atoms with van der Waals surface area (Å²) in [7, 11) is 1.83. The van der Waals surface area contributed by atoms with Crippen molar-refractivity contribution in [3.63, 3.8) is 0 Å². The maximum absolute atomic E-state index is 4.30. The fourth-order valence-corrected chi connectivity index (χ4v) is 4.98. The Kier molecular flexibility index (Phi) is 6.23. The molecule has 1 aliphatic rings. The highest BCUT2D eigenvalue weighted by atomic mass is 79.9. The van der Waals surface area contributed by atoms with Crippen LogP contribution in [0, 0.1) is 0 Å². The normalized spacial score (nSPS) is 23.1. The summed E-state index contributed by atoms with van der Waals surface area (Å²) in [6.07, 6.45) is 3.66. The van der Waals surface area contributed by atoms with E-state index in [-0.39, 0.29) is 0 Å². The van der Waals surface area contributed by atoms with Gasteiger partial charge >= 0.3 is 0 Å². The average molecular weight is 376 g/mol. The molecule has 20 heavy (non-hydrogen) atoms. The van der Waals surface area contributed by atoms with E-state index >= 15 is 0 Å². The van der Waals surface area contributed by atoms with E-state index in [4.69, 9.17) is 0 Å². The number of rotatable bonds is 5. The molecule has 1 atom stereocenters. The van der Waals surface area contributed by atoms with Crippen LogP contribution in [0.25, 0.3) is 0 Å². The van der Waals surface area contributed by atoms with Gasteiger partial charge in [-0.05, 0) is 60.0 Å². The number of guanidine groups is 1. The van der Waals surface area contributed by atoms with E-state index in [0.717, 1.165) is 25.5 Å². The van der Waals surface area contributed by atoms with Crippen molar-refractivity contribution >= 4 is 45.0 Å². The minimum atomic E-state index is 0.371. The molecule has 2 heterocycles. The fraction of sp³-hybridized carbons (Fsp3) is 0.643. The molecular weight excluding hydrogens is 354 g/mol. The number of thiophene rings is 1. The number of thioether (sulfide) groups is 1. The van der Waals surface area contributed by atoms with Gasteiger partial charge in [0.15, 0.2) is 5.96 Å². The highest BCUT2D eigenvalue weighted by molar-refractivity contribution is 9.11. The molecule has 1 unspecified atom stereocenters. The van der Waals surface area contributed by atoms with Crippen molar-refractivity contribution in [2.24, 2.45) is 4.99 Å². The molecule has 0 aliphatic carbocycles. The van der Waals surface area contributed by atoms with E-state index < -0.39 is 0 Å². The third kappa shape index (κ3) is 4.97. The Bertz CT molecular complexity index is 453. The molecule has 1 saturated heterocycles. The molecule has 3 nitrogen and oxygen atoms in total. The first-order valence-corrected chi connectivity index (χ1v) is 9.53. The van der Waals surface area contributed by atoms with Crippen molar-refractivity contribution in [2.75, 3.05) is 25.9 Å². The largest absolute Gasteiger partial charge is 0.356 e. The minimum Gasteiger partial charge on any atom is -0.356 e. The van der Waals surface area contributed by atoms with Crippen LogP contribution in [0.2, 0.25) is 0 Å². The van der Waals surface area contributed by atoms with Crippen molar-refractivity contribution in [3.8, 4) is 0 Å². The Morgan fingerprint density at radius 2 is 2.30 bits per heavy atom. The van der Waals surface area contributed by atoms with Crippen LogP contribution in [-0.2, 0) is 6.42 Å². The Labute approximate surface area is 138 Å². The number of hydrogen-bond acceptors (Lipinski definition) is 3. The zero-order valence-electron chi connectivity index (χ0n) is 12.0. The molecule has 1 fully saturated rings. The topological polar surface area (TPSA) is 36.4 Å². The summed E-state index contributed by atoms with van der Waals surface area (Å²) in [5, 5.41) is 6.84. The van der Waals surface area contributed by atoms with E-state index in [9.17, 15) is 0 Å². The Balaban J connectivity index is 1.70. The first kappa shape index (κ1) is 16.2. The van der Waals surface area contributed by atoms with Gasteiger partial charge in [0, 0.05) is 29.8 Å². The second-order valence-electron chi connectivity index (χ2n) is 5.21. The van der Waals surface area contributed by atoms with Crippen molar-refractivity contribution < 1.29 is 0 Å². The fourth-order valence-electron chi connectivity index (χ4n) is 2.26. The van der Waals surface area contributed by atoms with Gasteiger partial charge in [0.2, 0.25) is 0 Å². The molecule has 6 heteroatoms. The number of aliphatic imine (C=N–C) groups is 1. The summed E-state index contributed by atoms with van der Waals surface area (Å²) in [6, 6.07) is 4.27. The predicted octanol–water partition coefficient (Wildman–Crippen LogP) is 3.50. The predicted molar refractivity (Wildman–Crippen MR) is 95.2 cm³/mol. The molecule has 1 aliphatic heterocycles. The number of nitrogens with one attached hydrogen (secondary N) is 2. The van der Waals surface area contributed by atoms with Crippen LogP contribution < -0.4 is 10.6 Å². The van der Waals surface area contributed by atoms with Gasteiger partial charge in [-0.15, -0.1) is 11.3 Å². The average Bonchev–Trinajstić information content (AvgIpc) is 3.03. The standard InChI is InChI=1S/C14H22BrN3S2/c1-14(7-3-9-19-14)10-18-13(16-2)17-8-6-11-4-5-12(15)20-11/h4-5H,3,6-10H2,1-2H3,(H2,16,17,18). The second kappa shape index (κ2) is 7.71. The van der Waals surface area contributed by atoms with Crippen molar-refractivity contribution in [2.45, 2.75) is 30.9 Å².